The van der Waals surface area contributed by atoms with Crippen molar-refractivity contribution in [1.29, 1.82) is 0 Å². The van der Waals surface area contributed by atoms with E-state index in [2.05, 4.69) is 28.7 Å². The van der Waals surface area contributed by atoms with Crippen molar-refractivity contribution in [3.63, 3.8) is 0 Å². The molecule has 0 spiro atoms. The van der Waals surface area contributed by atoms with E-state index < -0.39 is 10.0 Å². The fraction of sp³-hybridized carbons (Fsp3) is 0.455. The molecule has 138 valence electrons. The molecule has 0 heterocycles. The predicted molar refractivity (Wildman–Crippen MR) is 102 cm³/mol. The maximum atomic E-state index is 13.4. The highest BCUT2D eigenvalue weighted by Gasteiger charge is 2.63. The highest BCUT2D eigenvalue weighted by molar-refractivity contribution is 7.90. The number of allylic oxidation sites excluding steroid dienone is 4. The Morgan fingerprint density at radius 2 is 1.22 bits per heavy atom. The van der Waals surface area contributed by atoms with E-state index in [1.54, 1.807) is 30.3 Å². The molecule has 0 N–H and O–H groups in total. The first-order valence-electron chi connectivity index (χ1n) is 9.85. The number of ketones is 1. The zero-order valence-electron chi connectivity index (χ0n) is 14.8. The van der Waals surface area contributed by atoms with E-state index in [-0.39, 0.29) is 52.2 Å². The van der Waals surface area contributed by atoms with Crippen LogP contribution in [0.2, 0.25) is 0 Å². The maximum Gasteiger partial charge on any atom is 0.282 e. The summed E-state index contributed by atoms with van der Waals surface area (Å²) in [6.07, 6.45) is 10.7. The highest BCUT2D eigenvalue weighted by Crippen LogP contribution is 2.61. The Morgan fingerprint density at radius 3 is 1.74 bits per heavy atom. The van der Waals surface area contributed by atoms with Gasteiger partial charge in [0.05, 0.1) is 4.90 Å². The first-order valence-corrected chi connectivity index (χ1v) is 11.3. The number of rotatable bonds is 2. The first-order chi connectivity index (χ1) is 13.0. The molecule has 6 rings (SSSR count). The molecular formula is C22H21NO3S. The zero-order chi connectivity index (χ0) is 18.3. The van der Waals surface area contributed by atoms with Crippen LogP contribution >= 0.6 is 0 Å². The van der Waals surface area contributed by atoms with Crippen LogP contribution in [-0.2, 0) is 14.8 Å². The average molecular weight is 379 g/mol. The van der Waals surface area contributed by atoms with Crippen molar-refractivity contribution in [1.82, 2.24) is 0 Å². The van der Waals surface area contributed by atoms with Gasteiger partial charge in [0.15, 0.2) is 0 Å². The Hall–Kier alpha value is -2.01. The lowest BCUT2D eigenvalue weighted by Crippen LogP contribution is -2.50. The minimum atomic E-state index is -3.76. The van der Waals surface area contributed by atoms with Crippen molar-refractivity contribution in [3.8, 4) is 0 Å². The lowest BCUT2D eigenvalue weighted by atomic mass is 9.60. The molecule has 0 amide bonds. The molecular weight excluding hydrogens is 358 g/mol. The maximum absolute atomic E-state index is 13.4. The number of sulfonamides is 1. The normalized spacial score (nSPS) is 44.9. The van der Waals surface area contributed by atoms with E-state index in [1.807, 2.05) is 0 Å². The fourth-order valence-electron chi connectivity index (χ4n) is 6.58. The van der Waals surface area contributed by atoms with E-state index in [0.29, 0.717) is 5.78 Å². The molecule has 5 heteroatoms. The largest absolute Gasteiger partial charge is 0.299 e. The van der Waals surface area contributed by atoms with Crippen LogP contribution < -0.4 is 0 Å². The molecule has 0 saturated heterocycles. The third-order valence-electron chi connectivity index (χ3n) is 7.53. The van der Waals surface area contributed by atoms with Crippen LogP contribution in [0.1, 0.15) is 12.8 Å². The summed E-state index contributed by atoms with van der Waals surface area (Å²) in [7, 11) is -3.76. The molecule has 0 aromatic heterocycles. The molecule has 8 atom stereocenters. The highest BCUT2D eigenvalue weighted by atomic mass is 32.2. The minimum absolute atomic E-state index is 0.0278. The third kappa shape index (κ3) is 2.06. The van der Waals surface area contributed by atoms with Gasteiger partial charge in [-0.3, -0.25) is 4.79 Å². The summed E-state index contributed by atoms with van der Waals surface area (Å²) in [5, 5.41) is 0. The average Bonchev–Trinajstić information content (AvgIpc) is 3.45. The second-order valence-corrected chi connectivity index (χ2v) is 10.3. The number of Topliss-reactive ketones (excluding diaryl/α,β-unsaturated/α-hetero) is 1. The standard InChI is InChI=1S/C22H21NO3S/c24-22-19-14-8-6-12(10-14)17(19)21(18-13-7-9-15(11-13)20(18)22)23-27(25,26)16-4-2-1-3-5-16/h1-9,12-15,17-20H,10-11H2/t12-,13+,14-,15-,17-,18+,19-,20-/m0/s1. The lowest BCUT2D eigenvalue weighted by molar-refractivity contribution is -0.131. The molecule has 3 fully saturated rings. The molecule has 0 aliphatic heterocycles. The van der Waals surface area contributed by atoms with Crippen molar-refractivity contribution < 1.29 is 13.2 Å². The molecule has 0 radical (unpaired) electrons. The minimum Gasteiger partial charge on any atom is -0.299 e. The van der Waals surface area contributed by atoms with Gasteiger partial charge < -0.3 is 0 Å². The molecule has 5 aliphatic carbocycles. The second-order valence-electron chi connectivity index (χ2n) is 8.71. The van der Waals surface area contributed by atoms with Gasteiger partial charge in [-0.1, -0.05) is 42.5 Å². The summed E-state index contributed by atoms with van der Waals surface area (Å²) in [6.45, 7) is 0. The van der Waals surface area contributed by atoms with Crippen LogP contribution in [0.4, 0.5) is 0 Å². The predicted octanol–water partition coefficient (Wildman–Crippen LogP) is 3.28. The molecule has 4 bridgehead atoms. The summed E-state index contributed by atoms with van der Waals surface area (Å²) in [4.78, 5) is 13.6. The molecule has 1 aromatic rings. The van der Waals surface area contributed by atoms with E-state index in [9.17, 15) is 13.2 Å². The summed E-state index contributed by atoms with van der Waals surface area (Å²) in [6, 6.07) is 8.46. The summed E-state index contributed by atoms with van der Waals surface area (Å²) >= 11 is 0. The Balaban J connectivity index is 1.52. The van der Waals surface area contributed by atoms with E-state index in [0.717, 1.165) is 18.6 Å². The number of benzene rings is 1. The monoisotopic (exact) mass is 379 g/mol. The summed E-state index contributed by atoms with van der Waals surface area (Å²) < 4.78 is 30.6. The van der Waals surface area contributed by atoms with Crippen molar-refractivity contribution in [3.05, 3.63) is 54.6 Å². The molecule has 4 nitrogen and oxygen atoms in total. The number of hydrogen-bond acceptors (Lipinski definition) is 3. The molecule has 3 saturated carbocycles. The number of hydrogen-bond donors (Lipinski definition) is 0. The SMILES string of the molecule is O=C1[C@@H]2[C@@H](C(=NS(=O)(=O)c3ccccc3)[C@H]3[C@@H]1[C@H]1C=C[C@@H]3C1)[C@H]1C=C[C@H]2C1. The van der Waals surface area contributed by atoms with Gasteiger partial charge in [0, 0.05) is 29.4 Å². The van der Waals surface area contributed by atoms with Crippen LogP contribution in [0, 0.1) is 47.3 Å². The van der Waals surface area contributed by atoms with Crippen LogP contribution in [-0.4, -0.2) is 19.9 Å². The quantitative estimate of drug-likeness (QED) is 0.741. The van der Waals surface area contributed by atoms with Gasteiger partial charge in [-0.25, -0.2) is 0 Å². The van der Waals surface area contributed by atoms with Crippen LogP contribution in [0.5, 0.6) is 0 Å². The molecule has 27 heavy (non-hydrogen) atoms. The Labute approximate surface area is 159 Å². The van der Waals surface area contributed by atoms with E-state index >= 15 is 0 Å². The number of nitrogens with zero attached hydrogens (tertiary/aromatic N) is 1. The van der Waals surface area contributed by atoms with Crippen molar-refractivity contribution in [2.45, 2.75) is 17.7 Å². The summed E-state index contributed by atoms with van der Waals surface area (Å²) in [5.74, 6) is 1.23. The van der Waals surface area contributed by atoms with Crippen molar-refractivity contribution >= 4 is 21.5 Å². The van der Waals surface area contributed by atoms with Gasteiger partial charge >= 0.3 is 0 Å². The zero-order valence-corrected chi connectivity index (χ0v) is 15.6. The molecule has 5 aliphatic rings. The van der Waals surface area contributed by atoms with Gasteiger partial charge in [-0.05, 0) is 48.6 Å². The lowest BCUT2D eigenvalue weighted by Gasteiger charge is -2.42. The third-order valence-corrected chi connectivity index (χ3v) is 8.84. The van der Waals surface area contributed by atoms with Crippen molar-refractivity contribution in [2.24, 2.45) is 51.7 Å². The Morgan fingerprint density at radius 1 is 0.741 bits per heavy atom. The Bertz CT molecular complexity index is 979. The number of carbonyl (C=O) groups is 1. The van der Waals surface area contributed by atoms with Gasteiger partial charge in [0.2, 0.25) is 0 Å². The second kappa shape index (κ2) is 5.28. The van der Waals surface area contributed by atoms with Gasteiger partial charge in [-0.15, -0.1) is 0 Å². The van der Waals surface area contributed by atoms with Gasteiger partial charge in [0.25, 0.3) is 10.0 Å². The fourth-order valence-corrected chi connectivity index (χ4v) is 7.70. The van der Waals surface area contributed by atoms with Crippen LogP contribution in [0.3, 0.4) is 0 Å². The van der Waals surface area contributed by atoms with Crippen LogP contribution in [0.25, 0.3) is 0 Å². The van der Waals surface area contributed by atoms with Gasteiger partial charge in [-0.2, -0.15) is 12.8 Å². The number of fused-ring (bicyclic) bond motifs is 10. The topological polar surface area (TPSA) is 63.6 Å². The number of carbonyl (C=O) groups excluding carboxylic acids is 1. The van der Waals surface area contributed by atoms with Gasteiger partial charge in [0.1, 0.15) is 5.78 Å². The first kappa shape index (κ1) is 16.0. The molecule has 0 unspecified atom stereocenters. The van der Waals surface area contributed by atoms with Crippen molar-refractivity contribution in [2.75, 3.05) is 0 Å². The summed E-state index contributed by atoms with van der Waals surface area (Å²) in [5.41, 5.74) is 0.794. The molecule has 1 aromatic carbocycles. The van der Waals surface area contributed by atoms with E-state index in [4.69, 9.17) is 0 Å². The smallest absolute Gasteiger partial charge is 0.282 e. The van der Waals surface area contributed by atoms with E-state index in [1.165, 1.54) is 0 Å². The van der Waals surface area contributed by atoms with Crippen LogP contribution in [0.15, 0.2) is 63.9 Å². The Kier molecular flexibility index (Phi) is 3.13.